The van der Waals surface area contributed by atoms with Crippen LogP contribution in [0.3, 0.4) is 0 Å². The van der Waals surface area contributed by atoms with Gasteiger partial charge in [-0.05, 0) is 73.5 Å². The van der Waals surface area contributed by atoms with Gasteiger partial charge >= 0.3 is 0 Å². The first-order chi connectivity index (χ1) is 15.1. The summed E-state index contributed by atoms with van der Waals surface area (Å²) >= 11 is 6.09. The third-order valence-electron chi connectivity index (χ3n) is 5.09. The van der Waals surface area contributed by atoms with Gasteiger partial charge in [0.2, 0.25) is 0 Å². The number of hydrogen-bond donors (Lipinski definition) is 0. The highest BCUT2D eigenvalue weighted by atomic mass is 35.5. The van der Waals surface area contributed by atoms with E-state index in [9.17, 15) is 0 Å². The van der Waals surface area contributed by atoms with Gasteiger partial charge in [-0.3, -0.25) is 0 Å². The van der Waals surface area contributed by atoms with Crippen LogP contribution in [-0.2, 0) is 13.2 Å². The van der Waals surface area contributed by atoms with Crippen molar-refractivity contribution in [3.05, 3.63) is 83.1 Å². The number of hydrogen-bond acceptors (Lipinski definition) is 4. The number of para-hydroxylation sites is 2. The first-order valence-electron chi connectivity index (χ1n) is 10.2. The van der Waals surface area contributed by atoms with E-state index >= 15 is 0 Å². The Balaban J connectivity index is 1.42. The van der Waals surface area contributed by atoms with E-state index in [1.807, 2.05) is 67.6 Å². The fourth-order valence-electron chi connectivity index (χ4n) is 3.42. The molecule has 0 aliphatic carbocycles. The predicted molar refractivity (Wildman–Crippen MR) is 123 cm³/mol. The fraction of sp³-hybridized carbons (Fsp3) is 0.240. The third-order valence-corrected chi connectivity index (χ3v) is 5.51. The number of imidazole rings is 1. The predicted octanol–water partition coefficient (Wildman–Crippen LogP) is 6.05. The molecule has 4 rings (SSSR count). The van der Waals surface area contributed by atoms with E-state index in [0.717, 1.165) is 57.7 Å². The molecule has 31 heavy (non-hydrogen) atoms. The molecular weight excluding hydrogens is 412 g/mol. The summed E-state index contributed by atoms with van der Waals surface area (Å²) in [5.41, 5.74) is 3.07. The number of methoxy groups -OCH3 is 1. The van der Waals surface area contributed by atoms with Crippen molar-refractivity contribution in [2.75, 3.05) is 13.7 Å². The number of aromatic nitrogens is 2. The van der Waals surface area contributed by atoms with Crippen molar-refractivity contribution >= 4 is 22.6 Å². The molecule has 0 unspecified atom stereocenters. The lowest BCUT2D eigenvalue weighted by atomic mass is 10.2. The van der Waals surface area contributed by atoms with Crippen LogP contribution in [0.25, 0.3) is 11.0 Å². The summed E-state index contributed by atoms with van der Waals surface area (Å²) < 4.78 is 19.3. The van der Waals surface area contributed by atoms with Gasteiger partial charge in [-0.15, -0.1) is 0 Å². The number of fused-ring (bicyclic) bond motifs is 1. The summed E-state index contributed by atoms with van der Waals surface area (Å²) in [6.07, 6.45) is 0.845. The number of benzene rings is 3. The molecule has 0 bridgehead atoms. The molecule has 0 atom stereocenters. The van der Waals surface area contributed by atoms with Crippen LogP contribution in [0.5, 0.6) is 17.2 Å². The summed E-state index contributed by atoms with van der Waals surface area (Å²) in [7, 11) is 1.65. The van der Waals surface area contributed by atoms with Gasteiger partial charge in [0, 0.05) is 11.6 Å². The number of rotatable bonds is 9. The summed E-state index contributed by atoms with van der Waals surface area (Å²) in [6, 6.07) is 21.4. The van der Waals surface area contributed by atoms with Gasteiger partial charge in [-0.25, -0.2) is 4.98 Å². The molecule has 5 nitrogen and oxygen atoms in total. The van der Waals surface area contributed by atoms with E-state index in [-0.39, 0.29) is 0 Å². The molecule has 0 fully saturated rings. The second-order valence-electron chi connectivity index (χ2n) is 7.25. The summed E-state index contributed by atoms with van der Waals surface area (Å²) in [6.45, 7) is 3.75. The van der Waals surface area contributed by atoms with Crippen LogP contribution in [-0.4, -0.2) is 23.3 Å². The Morgan fingerprint density at radius 3 is 2.42 bits per heavy atom. The Bertz CT molecular complexity index is 1160. The first-order valence-corrected chi connectivity index (χ1v) is 10.6. The second kappa shape index (κ2) is 9.75. The Hall–Kier alpha value is -3.18. The van der Waals surface area contributed by atoms with Gasteiger partial charge in [0.25, 0.3) is 0 Å². The minimum absolute atomic E-state index is 0.387. The maximum absolute atomic E-state index is 6.09. The van der Waals surface area contributed by atoms with Gasteiger partial charge in [-0.2, -0.15) is 0 Å². The van der Waals surface area contributed by atoms with E-state index in [4.69, 9.17) is 30.8 Å². The Kier molecular flexibility index (Phi) is 6.63. The van der Waals surface area contributed by atoms with Crippen molar-refractivity contribution in [3.8, 4) is 17.2 Å². The van der Waals surface area contributed by atoms with Crippen LogP contribution in [0.2, 0.25) is 5.02 Å². The van der Waals surface area contributed by atoms with E-state index < -0.39 is 0 Å². The number of halogens is 1. The fourth-order valence-corrected chi connectivity index (χ4v) is 3.54. The van der Waals surface area contributed by atoms with Crippen molar-refractivity contribution in [3.63, 3.8) is 0 Å². The normalized spacial score (nSPS) is 10.9. The lowest BCUT2D eigenvalue weighted by molar-refractivity contribution is 0.280. The molecule has 0 radical (unpaired) electrons. The van der Waals surface area contributed by atoms with Gasteiger partial charge in [0.15, 0.2) is 0 Å². The van der Waals surface area contributed by atoms with Gasteiger partial charge < -0.3 is 18.8 Å². The zero-order chi connectivity index (χ0) is 21.6. The van der Waals surface area contributed by atoms with Crippen LogP contribution in [0.4, 0.5) is 0 Å². The van der Waals surface area contributed by atoms with E-state index in [1.54, 1.807) is 7.11 Å². The highest BCUT2D eigenvalue weighted by Gasteiger charge is 2.11. The average molecular weight is 437 g/mol. The number of ether oxygens (including phenoxy) is 3. The van der Waals surface area contributed by atoms with Crippen molar-refractivity contribution in [1.29, 1.82) is 0 Å². The smallest absolute Gasteiger partial charge is 0.147 e. The van der Waals surface area contributed by atoms with Crippen molar-refractivity contribution in [1.82, 2.24) is 9.55 Å². The molecule has 0 aliphatic heterocycles. The average Bonchev–Trinajstić information content (AvgIpc) is 3.15. The zero-order valence-corrected chi connectivity index (χ0v) is 18.4. The minimum atomic E-state index is 0.387. The van der Waals surface area contributed by atoms with Crippen molar-refractivity contribution < 1.29 is 14.2 Å². The molecular formula is C25H25ClN2O3. The minimum Gasteiger partial charge on any atom is -0.497 e. The molecule has 0 saturated heterocycles. The number of aryl methyl sites for hydroxylation is 2. The van der Waals surface area contributed by atoms with Crippen LogP contribution in [0.1, 0.15) is 17.8 Å². The third kappa shape index (κ3) is 5.12. The molecule has 1 aromatic heterocycles. The molecule has 0 amide bonds. The second-order valence-corrected chi connectivity index (χ2v) is 7.65. The van der Waals surface area contributed by atoms with Gasteiger partial charge in [0.05, 0.1) is 24.8 Å². The van der Waals surface area contributed by atoms with E-state index in [2.05, 4.69) is 10.6 Å². The maximum atomic E-state index is 6.09. The largest absolute Gasteiger partial charge is 0.497 e. The molecule has 0 saturated carbocycles. The molecule has 160 valence electrons. The maximum Gasteiger partial charge on any atom is 0.147 e. The molecule has 0 N–H and O–H groups in total. The lowest BCUT2D eigenvalue weighted by Gasteiger charge is -2.12. The Morgan fingerprint density at radius 2 is 1.65 bits per heavy atom. The molecule has 3 aromatic carbocycles. The highest BCUT2D eigenvalue weighted by Crippen LogP contribution is 2.23. The Morgan fingerprint density at radius 1 is 0.903 bits per heavy atom. The van der Waals surface area contributed by atoms with Gasteiger partial charge in [-0.1, -0.05) is 23.7 Å². The van der Waals surface area contributed by atoms with Crippen LogP contribution in [0, 0.1) is 6.92 Å². The molecule has 6 heteroatoms. The van der Waals surface area contributed by atoms with E-state index in [0.29, 0.717) is 13.2 Å². The highest BCUT2D eigenvalue weighted by molar-refractivity contribution is 6.31. The SMILES string of the molecule is COc1ccc(OCc2nc3ccccc3n2CCCOc2ccc(Cl)c(C)c2)cc1. The number of nitrogens with zero attached hydrogens (tertiary/aromatic N) is 2. The molecule has 1 heterocycles. The van der Waals surface area contributed by atoms with Crippen LogP contribution >= 0.6 is 11.6 Å². The summed E-state index contributed by atoms with van der Waals surface area (Å²) in [4.78, 5) is 4.78. The van der Waals surface area contributed by atoms with E-state index in [1.165, 1.54) is 0 Å². The van der Waals surface area contributed by atoms with Gasteiger partial charge in [0.1, 0.15) is 29.7 Å². The monoisotopic (exact) mass is 436 g/mol. The molecule has 4 aromatic rings. The molecule has 0 aliphatic rings. The van der Waals surface area contributed by atoms with Crippen molar-refractivity contribution in [2.45, 2.75) is 26.5 Å². The standard InChI is InChI=1S/C25H25ClN2O3/c1-18-16-21(12-13-22(18)26)30-15-5-14-28-24-7-4-3-6-23(24)27-25(28)17-31-20-10-8-19(29-2)9-11-20/h3-4,6-13,16H,5,14-15,17H2,1-2H3. The zero-order valence-electron chi connectivity index (χ0n) is 17.7. The topological polar surface area (TPSA) is 45.5 Å². The Labute approximate surface area is 187 Å². The van der Waals surface area contributed by atoms with Crippen molar-refractivity contribution in [2.24, 2.45) is 0 Å². The lowest BCUT2D eigenvalue weighted by Crippen LogP contribution is -2.10. The molecule has 0 spiro atoms. The quantitative estimate of drug-likeness (QED) is 0.299. The summed E-state index contributed by atoms with van der Waals surface area (Å²) in [5, 5.41) is 0.749. The summed E-state index contributed by atoms with van der Waals surface area (Å²) in [5.74, 6) is 3.30. The van der Waals surface area contributed by atoms with Crippen LogP contribution < -0.4 is 14.2 Å². The van der Waals surface area contributed by atoms with Crippen LogP contribution in [0.15, 0.2) is 66.7 Å². The first kappa shape index (κ1) is 21.1.